The Bertz CT molecular complexity index is 1350. The molecule has 2 atom stereocenters. The summed E-state index contributed by atoms with van der Waals surface area (Å²) in [4.78, 5) is 11.7. The van der Waals surface area contributed by atoms with Crippen LogP contribution in [0.4, 0.5) is 10.1 Å². The number of nitrogens with one attached hydrogen (secondary N) is 1. The van der Waals surface area contributed by atoms with E-state index in [0.29, 0.717) is 39.5 Å². The number of benzene rings is 1. The lowest BCUT2D eigenvalue weighted by atomic mass is 10.1. The third-order valence-electron chi connectivity index (χ3n) is 6.54. The summed E-state index contributed by atoms with van der Waals surface area (Å²) in [6.45, 7) is 4.15. The summed E-state index contributed by atoms with van der Waals surface area (Å²) >= 11 is 6.68. The number of pyridine rings is 2. The highest BCUT2D eigenvalue weighted by Crippen LogP contribution is 2.36. The van der Waals surface area contributed by atoms with E-state index in [-0.39, 0.29) is 5.82 Å². The molecule has 2 aliphatic rings. The van der Waals surface area contributed by atoms with Crippen LogP contribution in [-0.4, -0.2) is 44.9 Å². The number of piperazine rings is 1. The molecule has 164 valence electrons. The zero-order valence-corrected chi connectivity index (χ0v) is 18.8. The summed E-state index contributed by atoms with van der Waals surface area (Å²) in [5, 5.41) is 10.00. The quantitative estimate of drug-likeness (QED) is 0.496. The van der Waals surface area contributed by atoms with Gasteiger partial charge in [0, 0.05) is 54.8 Å². The van der Waals surface area contributed by atoms with Crippen LogP contribution >= 0.6 is 11.6 Å². The highest BCUT2D eigenvalue weighted by molar-refractivity contribution is 6.35. The van der Waals surface area contributed by atoms with Gasteiger partial charge in [-0.3, -0.25) is 4.68 Å². The second kappa shape index (κ2) is 7.39. The van der Waals surface area contributed by atoms with Crippen LogP contribution in [0.5, 0.6) is 0 Å². The van der Waals surface area contributed by atoms with Gasteiger partial charge in [-0.25, -0.2) is 14.4 Å². The summed E-state index contributed by atoms with van der Waals surface area (Å²) in [5.74, 6) is 0.413. The molecule has 4 aromatic rings. The van der Waals surface area contributed by atoms with Gasteiger partial charge < -0.3 is 10.2 Å². The van der Waals surface area contributed by atoms with E-state index in [1.807, 2.05) is 12.3 Å². The summed E-state index contributed by atoms with van der Waals surface area (Å²) in [5.41, 5.74) is 3.22. The predicted octanol–water partition coefficient (Wildman–Crippen LogP) is 4.55. The van der Waals surface area contributed by atoms with Gasteiger partial charge in [-0.15, -0.1) is 0 Å². The van der Waals surface area contributed by atoms with E-state index in [1.165, 1.54) is 18.9 Å². The summed E-state index contributed by atoms with van der Waals surface area (Å²) in [7, 11) is 1.78. The fraction of sp³-hybridized carbons (Fsp3) is 0.375. The molecule has 0 radical (unpaired) electrons. The standard InChI is InChI=1S/C24H24ClFN6/c1-13-10-32(12-22(28-13)14-3-4-14)17-7-18-19(25)8-21(29-24(18)27-9-17)15-5-16-11-31(2)30-23(16)20(26)6-15/h5-9,11,13-14,22,28H,3-4,10,12H2,1-2H3. The number of halogens is 2. The van der Waals surface area contributed by atoms with Gasteiger partial charge in [-0.2, -0.15) is 5.10 Å². The van der Waals surface area contributed by atoms with Gasteiger partial charge in [-0.05, 0) is 49.9 Å². The molecular formula is C24H24ClFN6. The molecule has 4 heterocycles. The van der Waals surface area contributed by atoms with Crippen LogP contribution in [0.15, 0.2) is 36.7 Å². The molecule has 2 fully saturated rings. The Kier molecular flexibility index (Phi) is 4.59. The number of aryl methyl sites for hydroxylation is 1. The zero-order valence-electron chi connectivity index (χ0n) is 18.0. The largest absolute Gasteiger partial charge is 0.367 e. The van der Waals surface area contributed by atoms with Crippen molar-refractivity contribution in [2.45, 2.75) is 31.8 Å². The molecule has 1 saturated heterocycles. The minimum atomic E-state index is -0.377. The highest BCUT2D eigenvalue weighted by Gasteiger charge is 2.36. The molecule has 1 aliphatic heterocycles. The average molecular weight is 451 g/mol. The molecule has 32 heavy (non-hydrogen) atoms. The third kappa shape index (κ3) is 3.49. The first kappa shape index (κ1) is 19.9. The van der Waals surface area contributed by atoms with Crippen molar-refractivity contribution in [1.82, 2.24) is 25.1 Å². The van der Waals surface area contributed by atoms with E-state index >= 15 is 0 Å². The molecule has 6 nitrogen and oxygen atoms in total. The molecule has 3 aromatic heterocycles. The summed E-state index contributed by atoms with van der Waals surface area (Å²) in [6, 6.07) is 8.16. The minimum Gasteiger partial charge on any atom is -0.367 e. The Morgan fingerprint density at radius 3 is 2.81 bits per heavy atom. The first-order valence-corrected chi connectivity index (χ1v) is 11.4. The monoisotopic (exact) mass is 450 g/mol. The predicted molar refractivity (Wildman–Crippen MR) is 126 cm³/mol. The first-order valence-electron chi connectivity index (χ1n) is 11.0. The van der Waals surface area contributed by atoms with E-state index in [4.69, 9.17) is 16.6 Å². The summed E-state index contributed by atoms with van der Waals surface area (Å²) < 4.78 is 16.2. The molecule has 2 unspecified atom stereocenters. The molecule has 0 amide bonds. The van der Waals surface area contributed by atoms with Gasteiger partial charge in [0.15, 0.2) is 11.5 Å². The number of hydrogen-bond donors (Lipinski definition) is 1. The van der Waals surface area contributed by atoms with Crippen molar-refractivity contribution in [2.24, 2.45) is 13.0 Å². The van der Waals surface area contributed by atoms with Crippen molar-refractivity contribution in [1.29, 1.82) is 0 Å². The maximum Gasteiger partial charge on any atom is 0.161 e. The molecule has 8 heteroatoms. The maximum absolute atomic E-state index is 14.6. The lowest BCUT2D eigenvalue weighted by molar-refractivity contribution is 0.359. The van der Waals surface area contributed by atoms with Crippen LogP contribution < -0.4 is 10.2 Å². The topological polar surface area (TPSA) is 58.9 Å². The van der Waals surface area contributed by atoms with Crippen LogP contribution in [-0.2, 0) is 7.05 Å². The second-order valence-corrected chi connectivity index (χ2v) is 9.58. The Morgan fingerprint density at radius 2 is 2.00 bits per heavy atom. The maximum atomic E-state index is 14.6. The number of nitrogens with zero attached hydrogens (tertiary/aromatic N) is 5. The Hall–Kier alpha value is -2.77. The molecule has 1 aliphatic carbocycles. The fourth-order valence-corrected chi connectivity index (χ4v) is 5.09. The lowest BCUT2D eigenvalue weighted by Gasteiger charge is -2.39. The van der Waals surface area contributed by atoms with E-state index in [9.17, 15) is 4.39 Å². The molecule has 1 saturated carbocycles. The Morgan fingerprint density at radius 1 is 1.16 bits per heavy atom. The minimum absolute atomic E-state index is 0.348. The first-order chi connectivity index (χ1) is 15.4. The second-order valence-electron chi connectivity index (χ2n) is 9.17. The van der Waals surface area contributed by atoms with Gasteiger partial charge in [-0.1, -0.05) is 11.6 Å². The van der Waals surface area contributed by atoms with Gasteiger partial charge in [0.2, 0.25) is 0 Å². The molecule has 1 N–H and O–H groups in total. The number of fused-ring (bicyclic) bond motifs is 2. The Labute approximate surface area is 190 Å². The van der Waals surface area contributed by atoms with E-state index in [0.717, 1.165) is 35.5 Å². The normalized spacial score (nSPS) is 21.6. The van der Waals surface area contributed by atoms with Crippen LogP contribution in [0.3, 0.4) is 0 Å². The third-order valence-corrected chi connectivity index (χ3v) is 6.85. The zero-order chi connectivity index (χ0) is 22.0. The highest BCUT2D eigenvalue weighted by atomic mass is 35.5. The van der Waals surface area contributed by atoms with Gasteiger partial charge in [0.05, 0.1) is 22.6 Å². The Balaban J connectivity index is 1.37. The van der Waals surface area contributed by atoms with E-state index < -0.39 is 0 Å². The number of rotatable bonds is 3. The van der Waals surface area contributed by atoms with Gasteiger partial charge in [0.1, 0.15) is 5.52 Å². The van der Waals surface area contributed by atoms with E-state index in [2.05, 4.69) is 33.3 Å². The average Bonchev–Trinajstić information content (AvgIpc) is 3.54. The van der Waals surface area contributed by atoms with Crippen molar-refractivity contribution < 1.29 is 4.39 Å². The number of anilines is 1. The lowest BCUT2D eigenvalue weighted by Crippen LogP contribution is -2.56. The number of aromatic nitrogens is 4. The van der Waals surface area contributed by atoms with Crippen LogP contribution in [0, 0.1) is 11.7 Å². The SMILES string of the molecule is CC1CN(c2cnc3nc(-c4cc(F)c5nn(C)cc5c4)cc(Cl)c3c2)CC(C2CC2)N1. The van der Waals surface area contributed by atoms with Crippen molar-refractivity contribution in [2.75, 3.05) is 18.0 Å². The van der Waals surface area contributed by atoms with E-state index in [1.54, 1.807) is 24.0 Å². The molecule has 0 bridgehead atoms. The van der Waals surface area contributed by atoms with Gasteiger partial charge in [0.25, 0.3) is 0 Å². The molecule has 1 aromatic carbocycles. The molecule has 0 spiro atoms. The van der Waals surface area contributed by atoms with Crippen molar-refractivity contribution in [3.63, 3.8) is 0 Å². The van der Waals surface area contributed by atoms with Gasteiger partial charge >= 0.3 is 0 Å². The number of hydrogen-bond acceptors (Lipinski definition) is 5. The molecular weight excluding hydrogens is 427 g/mol. The van der Waals surface area contributed by atoms with Crippen molar-refractivity contribution in [3.8, 4) is 11.3 Å². The summed E-state index contributed by atoms with van der Waals surface area (Å²) in [6.07, 6.45) is 6.30. The smallest absolute Gasteiger partial charge is 0.161 e. The van der Waals surface area contributed by atoms with Crippen LogP contribution in [0.25, 0.3) is 33.2 Å². The van der Waals surface area contributed by atoms with Crippen molar-refractivity contribution >= 4 is 39.2 Å². The fourth-order valence-electron chi connectivity index (χ4n) is 4.84. The van der Waals surface area contributed by atoms with Crippen LogP contribution in [0.1, 0.15) is 19.8 Å². The molecule has 6 rings (SSSR count). The van der Waals surface area contributed by atoms with Crippen LogP contribution in [0.2, 0.25) is 5.02 Å². The van der Waals surface area contributed by atoms with Crippen molar-refractivity contribution in [3.05, 3.63) is 47.5 Å².